The van der Waals surface area contributed by atoms with Gasteiger partial charge in [0.15, 0.2) is 23.9 Å². The maximum atomic E-state index is 14.7. The third-order valence-corrected chi connectivity index (χ3v) is 15.6. The molecule has 1 amide bonds. The van der Waals surface area contributed by atoms with Gasteiger partial charge in [0.25, 0.3) is 0 Å². The number of carbonyl (C=O) groups excluding carboxylic acids is 1. The number of rotatable bonds is 16. The Morgan fingerprint density at radius 3 is 2.22 bits per heavy atom. The lowest BCUT2D eigenvalue weighted by Crippen LogP contribution is -2.57. The molecule has 65 heavy (non-hydrogen) atoms. The Labute approximate surface area is 388 Å². The minimum Gasteiger partial charge on any atom is -0.619 e. The minimum atomic E-state index is -4.45. The molecule has 14 nitrogen and oxygen atoms in total. The lowest BCUT2D eigenvalue weighted by molar-refractivity contribution is -0.605. The zero-order valence-electron chi connectivity index (χ0n) is 35.9. The van der Waals surface area contributed by atoms with Gasteiger partial charge in [0.1, 0.15) is 34.0 Å². The molecular weight excluding hydrogens is 896 g/mol. The van der Waals surface area contributed by atoms with E-state index >= 15 is 0 Å². The first-order valence-electron chi connectivity index (χ1n) is 21.4. The summed E-state index contributed by atoms with van der Waals surface area (Å²) in [6, 6.07) is 27.6. The number of nitrogens with one attached hydrogen (secondary N) is 1. The van der Waals surface area contributed by atoms with E-state index in [2.05, 4.69) is 10.2 Å². The monoisotopic (exact) mass is 944 g/mol. The van der Waals surface area contributed by atoms with Gasteiger partial charge in [-0.25, -0.2) is 13.2 Å². The number of carbonyl (C=O) groups is 2. The number of amides is 1. The van der Waals surface area contributed by atoms with Crippen molar-refractivity contribution in [3.8, 4) is 17.2 Å². The fourth-order valence-electron chi connectivity index (χ4n) is 9.60. The fraction of sp³-hybridized carbons (Fsp3) is 0.354. The van der Waals surface area contributed by atoms with E-state index in [9.17, 15) is 28.3 Å². The quantitative estimate of drug-likeness (QED) is 0.0732. The molecule has 342 valence electrons. The number of carboxylic acids is 1. The first kappa shape index (κ1) is 46.0. The van der Waals surface area contributed by atoms with Crippen molar-refractivity contribution >= 4 is 45.3 Å². The molecule has 1 aromatic heterocycles. The van der Waals surface area contributed by atoms with Crippen LogP contribution in [-0.4, -0.2) is 86.8 Å². The molecule has 4 atom stereocenters. The first-order chi connectivity index (χ1) is 31.3. The Bertz CT molecular complexity index is 2610. The van der Waals surface area contributed by atoms with E-state index in [4.69, 9.17) is 42.1 Å². The van der Waals surface area contributed by atoms with E-state index in [0.29, 0.717) is 39.0 Å². The van der Waals surface area contributed by atoms with Crippen LogP contribution >= 0.6 is 23.2 Å². The van der Waals surface area contributed by atoms with Gasteiger partial charge in [-0.2, -0.15) is 9.04 Å². The summed E-state index contributed by atoms with van der Waals surface area (Å²) in [7, 11) is -1.54. The van der Waals surface area contributed by atoms with Gasteiger partial charge in [0.05, 0.1) is 25.2 Å². The molecule has 0 saturated carbocycles. The first-order valence-corrected chi connectivity index (χ1v) is 23.6. The smallest absolute Gasteiger partial charge is 0.408 e. The average Bonchev–Trinajstić information content (AvgIpc) is 3.78. The molecule has 0 unspecified atom stereocenters. The van der Waals surface area contributed by atoms with Crippen molar-refractivity contribution in [2.24, 2.45) is 5.92 Å². The molecule has 4 aromatic carbocycles. The topological polar surface area (TPSA) is 171 Å². The number of aliphatic carboxylic acids is 1. The molecule has 5 heterocycles. The number of carboxylic acid groups (broad SMARTS) is 1. The van der Waals surface area contributed by atoms with E-state index in [1.54, 1.807) is 36.4 Å². The number of pyridine rings is 1. The molecule has 0 aliphatic carbocycles. The maximum absolute atomic E-state index is 14.7. The van der Waals surface area contributed by atoms with Crippen LogP contribution in [0.1, 0.15) is 65.5 Å². The van der Waals surface area contributed by atoms with Crippen molar-refractivity contribution in [3.63, 3.8) is 0 Å². The number of piperidine rings is 3. The fourth-order valence-corrected chi connectivity index (χ4v) is 12.0. The number of hydrogen-bond donors (Lipinski definition) is 2. The molecule has 4 aliphatic rings. The summed E-state index contributed by atoms with van der Waals surface area (Å²) in [5.41, 5.74) is 1.02. The molecule has 2 N–H and O–H groups in total. The lowest BCUT2D eigenvalue weighted by Gasteiger charge is -2.43. The van der Waals surface area contributed by atoms with Gasteiger partial charge in [0, 0.05) is 24.6 Å². The summed E-state index contributed by atoms with van der Waals surface area (Å²) in [5.74, 6) is -0.828. The van der Waals surface area contributed by atoms with Crippen LogP contribution in [0.4, 0.5) is 4.79 Å². The molecule has 2 bridgehead atoms. The van der Waals surface area contributed by atoms with Crippen LogP contribution < -0.4 is 24.3 Å². The number of halogens is 2. The Kier molecular flexibility index (Phi) is 13.8. The van der Waals surface area contributed by atoms with Crippen LogP contribution in [0, 0.1) is 11.1 Å². The number of fused-ring (bicyclic) bond motifs is 3. The second kappa shape index (κ2) is 19.5. The summed E-state index contributed by atoms with van der Waals surface area (Å²) < 4.78 is 54.2. The van der Waals surface area contributed by atoms with Gasteiger partial charge in [0.2, 0.25) is 10.0 Å². The molecule has 4 fully saturated rings. The van der Waals surface area contributed by atoms with Gasteiger partial charge >= 0.3 is 12.1 Å². The van der Waals surface area contributed by atoms with E-state index in [-0.39, 0.29) is 59.0 Å². The van der Waals surface area contributed by atoms with Crippen molar-refractivity contribution in [2.75, 3.05) is 40.4 Å². The summed E-state index contributed by atoms with van der Waals surface area (Å²) in [5, 5.41) is 26.5. The Morgan fingerprint density at radius 2 is 1.57 bits per heavy atom. The molecule has 5 aromatic rings. The second-order valence-electron chi connectivity index (χ2n) is 16.6. The van der Waals surface area contributed by atoms with Crippen molar-refractivity contribution in [3.05, 3.63) is 153 Å². The number of ether oxygens (including phenoxy) is 4. The summed E-state index contributed by atoms with van der Waals surface area (Å²) >= 11 is 13.1. The average molecular weight is 946 g/mol. The summed E-state index contributed by atoms with van der Waals surface area (Å²) in [4.78, 5) is 29.4. The van der Waals surface area contributed by atoms with Crippen LogP contribution in [0.25, 0.3) is 0 Å². The van der Waals surface area contributed by atoms with Crippen molar-refractivity contribution in [2.45, 2.75) is 67.2 Å². The SMILES string of the molecule is COc1ccc([C@H](Cc2c(Cl)c[n+]([O-])cc2Cl)[C@]2(C(=O)O)CCCN2S(=O)(=O)c2ccc(COc3cccc([C@@H](NC(=O)O[C@H]4CN5CCC4CC5)c4ccccc4)c3)cc2)cc1OC. The molecule has 17 heteroatoms. The minimum absolute atomic E-state index is 0.00250. The summed E-state index contributed by atoms with van der Waals surface area (Å²) in [6.07, 6.45) is 3.75. The Balaban J connectivity index is 1.02. The molecule has 4 aliphatic heterocycles. The van der Waals surface area contributed by atoms with Gasteiger partial charge in [-0.1, -0.05) is 83.9 Å². The van der Waals surface area contributed by atoms with E-state index in [1.165, 1.54) is 26.4 Å². The normalized spacial score (nSPS) is 21.6. The predicted molar refractivity (Wildman–Crippen MR) is 243 cm³/mol. The standard InChI is InChI=1S/C48H50Cl2N4O10S/c1-61-42-17-14-34(25-43(42)62-2)39(26-38-40(49)27-53(58)28-41(38)50)48(46(55)56)20-7-21-54(48)65(59,60)37-15-12-31(13-16-37)30-63-36-11-6-10-35(24-36)45(33-8-4-3-5-9-33)51-47(57)64-44-29-52-22-18-32(44)19-23-52/h3-6,8-17,24-25,27-28,32,39,44-45H,7,18-23,26,29-30H2,1-2H3,(H,51,57)(H,55,56)/t39-,44-,45-,48-/m0/s1. The molecule has 0 spiro atoms. The van der Waals surface area contributed by atoms with Gasteiger partial charge in [-0.3, -0.25) is 9.69 Å². The number of alkyl carbamates (subject to hydrolysis) is 1. The largest absolute Gasteiger partial charge is 0.619 e. The van der Waals surface area contributed by atoms with Crippen LogP contribution in [-0.2, 0) is 32.6 Å². The third kappa shape index (κ3) is 9.57. The van der Waals surface area contributed by atoms with Crippen LogP contribution in [0.15, 0.2) is 114 Å². The molecule has 4 saturated heterocycles. The van der Waals surface area contributed by atoms with Gasteiger partial charge in [-0.05, 0) is 110 Å². The molecule has 0 radical (unpaired) electrons. The number of sulfonamides is 1. The highest BCUT2D eigenvalue weighted by atomic mass is 35.5. The van der Waals surface area contributed by atoms with E-state index in [1.807, 2.05) is 48.5 Å². The number of aromatic nitrogens is 1. The second-order valence-corrected chi connectivity index (χ2v) is 19.3. The molecule has 9 rings (SSSR count). The van der Waals surface area contributed by atoms with Crippen LogP contribution in [0.2, 0.25) is 10.0 Å². The van der Waals surface area contributed by atoms with Crippen molar-refractivity contribution < 1.29 is 46.8 Å². The maximum Gasteiger partial charge on any atom is 0.408 e. The number of benzene rings is 4. The zero-order valence-corrected chi connectivity index (χ0v) is 38.2. The van der Waals surface area contributed by atoms with Crippen LogP contribution in [0.3, 0.4) is 0 Å². The number of hydrogen-bond acceptors (Lipinski definition) is 10. The predicted octanol–water partition coefficient (Wildman–Crippen LogP) is 7.77. The van der Waals surface area contributed by atoms with Crippen LogP contribution in [0.5, 0.6) is 17.2 Å². The van der Waals surface area contributed by atoms with E-state index in [0.717, 1.165) is 60.3 Å². The van der Waals surface area contributed by atoms with Gasteiger partial charge in [-0.15, -0.1) is 0 Å². The Hall–Kier alpha value is -5.58. The number of nitrogens with zero attached hydrogens (tertiary/aromatic N) is 3. The summed E-state index contributed by atoms with van der Waals surface area (Å²) in [6.45, 7) is 2.84. The number of methoxy groups -OCH3 is 2. The highest BCUT2D eigenvalue weighted by Gasteiger charge is 2.58. The Morgan fingerprint density at radius 1 is 0.877 bits per heavy atom. The van der Waals surface area contributed by atoms with Crippen molar-refractivity contribution in [1.82, 2.24) is 14.5 Å². The zero-order chi connectivity index (χ0) is 45.9. The lowest BCUT2D eigenvalue weighted by atomic mass is 9.74. The van der Waals surface area contributed by atoms with E-state index < -0.39 is 39.6 Å². The third-order valence-electron chi connectivity index (χ3n) is 12.9. The highest BCUT2D eigenvalue weighted by Crippen LogP contribution is 2.49. The van der Waals surface area contributed by atoms with Gasteiger partial charge < -0.3 is 34.6 Å². The van der Waals surface area contributed by atoms with Crippen molar-refractivity contribution in [1.29, 1.82) is 0 Å². The highest BCUT2D eigenvalue weighted by molar-refractivity contribution is 7.89. The molecular formula is C48H50Cl2N4O10S.